The van der Waals surface area contributed by atoms with Crippen molar-refractivity contribution in [2.75, 3.05) is 25.1 Å². The van der Waals surface area contributed by atoms with E-state index >= 15 is 0 Å². The number of aliphatic hydroxyl groups excluding tert-OH is 1. The average molecular weight is 525 g/mol. The summed E-state index contributed by atoms with van der Waals surface area (Å²) in [6.07, 6.45) is 2.39. The molecule has 0 heterocycles. The van der Waals surface area contributed by atoms with Crippen LogP contribution >= 0.6 is 23.2 Å². The number of Topliss-reactive ketones (excluding diaryl/α,β-unsaturated/α-hetero) is 1. The van der Waals surface area contributed by atoms with Gasteiger partial charge >= 0.3 is 0 Å². The van der Waals surface area contributed by atoms with Crippen molar-refractivity contribution < 1.29 is 33.4 Å². The van der Waals surface area contributed by atoms with Gasteiger partial charge < -0.3 is 25.2 Å². The van der Waals surface area contributed by atoms with Gasteiger partial charge in [-0.3, -0.25) is 14.4 Å². The second kappa shape index (κ2) is 10.0. The molecule has 0 unspecified atom stereocenters. The lowest BCUT2D eigenvalue weighted by molar-refractivity contribution is -0.173. The van der Waals surface area contributed by atoms with Gasteiger partial charge in [0.05, 0.1) is 10.7 Å². The summed E-state index contributed by atoms with van der Waals surface area (Å²) in [5.41, 5.74) is -0.233. The molecule has 0 spiro atoms. The van der Waals surface area contributed by atoms with E-state index in [0.29, 0.717) is 30.7 Å². The molecule has 186 valence electrons. The molecular formula is C24H23Cl2FN2O6. The molecule has 3 fully saturated rings. The number of benzene rings is 2. The SMILES string of the molecule is O=C(COc1ccc(Cl)c(F)c1)CC12CC(NC(=O)COc3ccc(Cl)cc3NC(=O)CO)(C1)C2. The van der Waals surface area contributed by atoms with E-state index in [1.165, 1.54) is 24.3 Å². The predicted molar refractivity (Wildman–Crippen MR) is 126 cm³/mol. The average Bonchev–Trinajstić information content (AvgIpc) is 2.77. The van der Waals surface area contributed by atoms with E-state index in [-0.39, 0.29) is 58.1 Å². The molecule has 8 nitrogen and oxygen atoms in total. The molecule has 3 N–H and O–H groups in total. The summed E-state index contributed by atoms with van der Waals surface area (Å²) in [4.78, 5) is 36.2. The van der Waals surface area contributed by atoms with Crippen LogP contribution in [0.3, 0.4) is 0 Å². The third-order valence-corrected chi connectivity index (χ3v) is 6.67. The summed E-state index contributed by atoms with van der Waals surface area (Å²) in [6.45, 7) is -1.14. The molecule has 3 aliphatic rings. The molecule has 0 radical (unpaired) electrons. The number of aliphatic hydroxyl groups is 1. The zero-order valence-corrected chi connectivity index (χ0v) is 20.0. The number of nitrogens with one attached hydrogen (secondary N) is 2. The lowest BCUT2D eigenvalue weighted by Gasteiger charge is -2.70. The van der Waals surface area contributed by atoms with Crippen molar-refractivity contribution in [3.05, 3.63) is 52.3 Å². The van der Waals surface area contributed by atoms with E-state index in [0.717, 1.165) is 6.07 Å². The summed E-state index contributed by atoms with van der Waals surface area (Å²) < 4.78 is 24.4. The minimum absolute atomic E-state index is 0.0163. The molecule has 0 atom stereocenters. The van der Waals surface area contributed by atoms with Gasteiger partial charge in [-0.25, -0.2) is 4.39 Å². The van der Waals surface area contributed by atoms with E-state index < -0.39 is 18.3 Å². The summed E-state index contributed by atoms with van der Waals surface area (Å²) in [7, 11) is 0. The molecule has 3 aliphatic carbocycles. The standard InChI is InChI=1S/C24H23Cl2FN2O6/c25-14-1-4-20(19(5-14)28-21(32)8-30)35-10-22(33)29-24-11-23(12-24,13-24)7-15(31)9-34-16-2-3-17(26)18(27)6-16/h1-6,30H,7-13H2,(H,28,32)(H,29,33). The number of rotatable bonds is 11. The van der Waals surface area contributed by atoms with Crippen LogP contribution in [0.1, 0.15) is 25.7 Å². The second-order valence-electron chi connectivity index (χ2n) is 9.07. The van der Waals surface area contributed by atoms with Gasteiger partial charge in [0.15, 0.2) is 12.4 Å². The Morgan fingerprint density at radius 3 is 2.43 bits per heavy atom. The minimum Gasteiger partial charge on any atom is -0.486 e. The quantitative estimate of drug-likeness (QED) is 0.414. The number of anilines is 1. The normalized spacial score (nSPS) is 21.8. The number of amides is 2. The Labute approximate surface area is 210 Å². The van der Waals surface area contributed by atoms with Crippen LogP contribution in [0.4, 0.5) is 10.1 Å². The molecule has 35 heavy (non-hydrogen) atoms. The Bertz CT molecular complexity index is 1150. The summed E-state index contributed by atoms with van der Waals surface area (Å²) >= 11 is 11.6. The highest BCUT2D eigenvalue weighted by Gasteiger charge is 2.68. The zero-order valence-electron chi connectivity index (χ0n) is 18.5. The Kier molecular flexibility index (Phi) is 7.21. The van der Waals surface area contributed by atoms with Crippen molar-refractivity contribution in [2.24, 2.45) is 5.41 Å². The maximum atomic E-state index is 13.5. The van der Waals surface area contributed by atoms with Gasteiger partial charge in [-0.1, -0.05) is 23.2 Å². The first-order chi connectivity index (χ1) is 16.6. The number of halogens is 3. The molecule has 2 amide bonds. The number of hydrogen-bond acceptors (Lipinski definition) is 6. The van der Waals surface area contributed by atoms with Crippen molar-refractivity contribution in [1.29, 1.82) is 0 Å². The molecule has 0 aromatic heterocycles. The molecule has 2 bridgehead atoms. The van der Waals surface area contributed by atoms with Crippen LogP contribution in [0.25, 0.3) is 0 Å². The fraction of sp³-hybridized carbons (Fsp3) is 0.375. The molecule has 0 aliphatic heterocycles. The van der Waals surface area contributed by atoms with E-state index in [1.54, 1.807) is 6.07 Å². The first-order valence-corrected chi connectivity index (χ1v) is 11.6. The van der Waals surface area contributed by atoms with E-state index in [9.17, 15) is 18.8 Å². The highest BCUT2D eigenvalue weighted by Crippen LogP contribution is 2.69. The third kappa shape index (κ3) is 5.86. The molecule has 5 rings (SSSR count). The second-order valence-corrected chi connectivity index (χ2v) is 9.92. The molecule has 11 heteroatoms. The van der Waals surface area contributed by atoms with E-state index in [2.05, 4.69) is 10.6 Å². The van der Waals surface area contributed by atoms with Crippen molar-refractivity contribution >= 4 is 46.5 Å². The van der Waals surface area contributed by atoms with Gasteiger partial charge in [0, 0.05) is 23.0 Å². The Morgan fingerprint density at radius 2 is 1.74 bits per heavy atom. The largest absolute Gasteiger partial charge is 0.486 e. The third-order valence-electron chi connectivity index (χ3n) is 6.13. The molecule has 0 saturated heterocycles. The van der Waals surface area contributed by atoms with Crippen LogP contribution < -0.4 is 20.1 Å². The van der Waals surface area contributed by atoms with Crippen molar-refractivity contribution in [1.82, 2.24) is 5.32 Å². The minimum atomic E-state index is -0.703. The van der Waals surface area contributed by atoms with Crippen molar-refractivity contribution in [2.45, 2.75) is 31.2 Å². The van der Waals surface area contributed by atoms with Gasteiger partial charge in [0.25, 0.3) is 5.91 Å². The lowest BCUT2D eigenvalue weighted by Crippen LogP contribution is -2.75. The van der Waals surface area contributed by atoms with Gasteiger partial charge in [0.1, 0.15) is 30.5 Å². The lowest BCUT2D eigenvalue weighted by atomic mass is 9.38. The summed E-state index contributed by atoms with van der Waals surface area (Å²) in [5, 5.41) is 14.7. The molecular weight excluding hydrogens is 502 g/mol. The highest BCUT2D eigenvalue weighted by molar-refractivity contribution is 6.31. The van der Waals surface area contributed by atoms with Gasteiger partial charge in [-0.05, 0) is 55.0 Å². The van der Waals surface area contributed by atoms with E-state index in [4.69, 9.17) is 37.8 Å². The van der Waals surface area contributed by atoms with Gasteiger partial charge in [-0.15, -0.1) is 0 Å². The van der Waals surface area contributed by atoms with Crippen molar-refractivity contribution in [3.8, 4) is 11.5 Å². The number of ketones is 1. The fourth-order valence-corrected chi connectivity index (χ4v) is 5.20. The Morgan fingerprint density at radius 1 is 1.00 bits per heavy atom. The fourth-order valence-electron chi connectivity index (χ4n) is 4.91. The van der Waals surface area contributed by atoms with E-state index in [1.807, 2.05) is 0 Å². The van der Waals surface area contributed by atoms with Crippen LogP contribution in [0.2, 0.25) is 10.0 Å². The molecule has 2 aromatic rings. The van der Waals surface area contributed by atoms with Crippen LogP contribution in [0.5, 0.6) is 11.5 Å². The topological polar surface area (TPSA) is 114 Å². The maximum Gasteiger partial charge on any atom is 0.258 e. The van der Waals surface area contributed by atoms with Crippen LogP contribution in [0.15, 0.2) is 36.4 Å². The van der Waals surface area contributed by atoms with Crippen LogP contribution in [0, 0.1) is 11.2 Å². The van der Waals surface area contributed by atoms with Crippen LogP contribution in [-0.4, -0.2) is 48.1 Å². The predicted octanol–water partition coefficient (Wildman–Crippen LogP) is 3.52. The summed E-state index contributed by atoms with van der Waals surface area (Å²) in [6, 6.07) is 8.53. The first kappa shape index (κ1) is 25.2. The number of ether oxygens (including phenoxy) is 2. The summed E-state index contributed by atoms with van der Waals surface area (Å²) in [5.74, 6) is -1.19. The first-order valence-electron chi connectivity index (χ1n) is 10.8. The number of carbonyl (C=O) groups is 3. The molecule has 3 saturated carbocycles. The van der Waals surface area contributed by atoms with Gasteiger partial charge in [-0.2, -0.15) is 0 Å². The van der Waals surface area contributed by atoms with Gasteiger partial charge in [0.2, 0.25) is 5.91 Å². The van der Waals surface area contributed by atoms with Crippen LogP contribution in [-0.2, 0) is 14.4 Å². The zero-order chi connectivity index (χ0) is 25.2. The number of carbonyl (C=O) groups excluding carboxylic acids is 3. The Hall–Kier alpha value is -2.88. The monoisotopic (exact) mass is 524 g/mol. The smallest absolute Gasteiger partial charge is 0.258 e. The maximum absolute atomic E-state index is 13.5. The number of hydrogen-bond donors (Lipinski definition) is 3. The molecule has 2 aromatic carbocycles. The highest BCUT2D eigenvalue weighted by atomic mass is 35.5. The Balaban J connectivity index is 1.20. The van der Waals surface area contributed by atoms with Crippen molar-refractivity contribution in [3.63, 3.8) is 0 Å².